The minimum atomic E-state index is -0.104. The molecule has 0 unspecified atom stereocenters. The van der Waals surface area contributed by atoms with Crippen LogP contribution in [-0.4, -0.2) is 42.9 Å². The predicted octanol–water partition coefficient (Wildman–Crippen LogP) is 4.87. The Morgan fingerprint density at radius 2 is 1.84 bits per heavy atom. The van der Waals surface area contributed by atoms with Gasteiger partial charge in [-0.05, 0) is 67.1 Å². The molecule has 168 valence electrons. The summed E-state index contributed by atoms with van der Waals surface area (Å²) in [5, 5.41) is 5.95. The van der Waals surface area contributed by atoms with Crippen LogP contribution in [0.4, 0.5) is 5.69 Å². The maximum absolute atomic E-state index is 12.5. The van der Waals surface area contributed by atoms with Crippen molar-refractivity contribution in [2.45, 2.75) is 31.6 Å². The van der Waals surface area contributed by atoms with Crippen molar-refractivity contribution >= 4 is 35.3 Å². The first-order valence-corrected chi connectivity index (χ1v) is 12.2. The molecule has 5 nitrogen and oxygen atoms in total. The molecule has 2 aromatic carbocycles. The van der Waals surface area contributed by atoms with Gasteiger partial charge >= 0.3 is 0 Å². The van der Waals surface area contributed by atoms with E-state index in [1.165, 1.54) is 18.2 Å². The Morgan fingerprint density at radius 1 is 1.12 bits per heavy atom. The molecule has 2 N–H and O–H groups in total. The van der Waals surface area contributed by atoms with E-state index >= 15 is 0 Å². The largest absolute Gasteiger partial charge is 0.352 e. The van der Waals surface area contributed by atoms with Crippen LogP contribution in [0.15, 0.2) is 58.3 Å². The third kappa shape index (κ3) is 5.81. The third-order valence-corrected chi connectivity index (χ3v) is 7.03. The number of piperidine rings is 1. The monoisotopic (exact) mass is 449 g/mol. The summed E-state index contributed by atoms with van der Waals surface area (Å²) in [6.07, 6.45) is 4.14. The Kier molecular flexibility index (Phi) is 7.33. The number of benzene rings is 2. The van der Waals surface area contributed by atoms with Crippen LogP contribution in [0.25, 0.3) is 6.08 Å². The van der Waals surface area contributed by atoms with Crippen LogP contribution in [0, 0.1) is 11.8 Å². The van der Waals surface area contributed by atoms with Gasteiger partial charge in [0.2, 0.25) is 0 Å². The quantitative estimate of drug-likeness (QED) is 0.488. The smallest absolute Gasteiger partial charge is 0.262 e. The van der Waals surface area contributed by atoms with Crippen molar-refractivity contribution < 1.29 is 9.59 Å². The van der Waals surface area contributed by atoms with E-state index in [9.17, 15) is 9.59 Å². The van der Waals surface area contributed by atoms with Crippen LogP contribution in [-0.2, 0) is 4.79 Å². The second kappa shape index (κ2) is 10.4. The highest BCUT2D eigenvalue weighted by Crippen LogP contribution is 2.38. The van der Waals surface area contributed by atoms with Crippen molar-refractivity contribution in [1.82, 2.24) is 10.2 Å². The lowest BCUT2D eigenvalue weighted by atomic mass is 9.92. The van der Waals surface area contributed by atoms with Crippen LogP contribution >= 0.6 is 11.8 Å². The molecular weight excluding hydrogens is 418 g/mol. The van der Waals surface area contributed by atoms with Gasteiger partial charge in [0.15, 0.2) is 0 Å². The molecule has 4 rings (SSSR count). The average molecular weight is 450 g/mol. The van der Waals surface area contributed by atoms with Gasteiger partial charge in [-0.3, -0.25) is 9.59 Å². The number of nitrogens with zero attached hydrogens (tertiary/aromatic N) is 1. The Hall–Kier alpha value is -2.57. The zero-order valence-electron chi connectivity index (χ0n) is 18.8. The molecule has 0 aromatic heterocycles. The number of para-hydroxylation sites is 1. The maximum atomic E-state index is 12.5. The topological polar surface area (TPSA) is 61.4 Å². The fourth-order valence-electron chi connectivity index (χ4n) is 4.57. The molecule has 0 saturated carbocycles. The number of nitrogens with one attached hydrogen (secondary N) is 2. The van der Waals surface area contributed by atoms with Gasteiger partial charge in [-0.25, -0.2) is 0 Å². The molecule has 2 amide bonds. The number of anilines is 1. The van der Waals surface area contributed by atoms with E-state index in [2.05, 4.69) is 29.4 Å². The molecule has 6 heteroatoms. The Labute approximate surface area is 194 Å². The number of carbonyl (C=O) groups is 2. The minimum Gasteiger partial charge on any atom is -0.352 e. The molecule has 1 fully saturated rings. The molecular formula is C26H31N3O2S. The lowest BCUT2D eigenvalue weighted by Gasteiger charge is -2.34. The average Bonchev–Trinajstić information content (AvgIpc) is 2.77. The van der Waals surface area contributed by atoms with Crippen LogP contribution in [0.5, 0.6) is 0 Å². The van der Waals surface area contributed by atoms with E-state index in [1.54, 1.807) is 0 Å². The van der Waals surface area contributed by atoms with Crippen LogP contribution in [0.1, 0.15) is 42.6 Å². The van der Waals surface area contributed by atoms with Gasteiger partial charge < -0.3 is 15.5 Å². The van der Waals surface area contributed by atoms with E-state index in [4.69, 9.17) is 0 Å². The molecule has 2 aliphatic heterocycles. The highest BCUT2D eigenvalue weighted by atomic mass is 32.2. The van der Waals surface area contributed by atoms with Crippen molar-refractivity contribution in [3.63, 3.8) is 0 Å². The van der Waals surface area contributed by atoms with Gasteiger partial charge in [-0.2, -0.15) is 0 Å². The summed E-state index contributed by atoms with van der Waals surface area (Å²) in [7, 11) is 0. The van der Waals surface area contributed by atoms with E-state index in [0.717, 1.165) is 54.0 Å². The summed E-state index contributed by atoms with van der Waals surface area (Å²) in [4.78, 5) is 29.0. The Balaban J connectivity index is 1.27. The van der Waals surface area contributed by atoms with E-state index in [0.29, 0.717) is 17.0 Å². The third-order valence-electron chi connectivity index (χ3n) is 5.93. The molecule has 32 heavy (non-hydrogen) atoms. The van der Waals surface area contributed by atoms with E-state index in [1.807, 2.05) is 54.6 Å². The van der Waals surface area contributed by atoms with Gasteiger partial charge in [0.1, 0.15) is 0 Å². The van der Waals surface area contributed by atoms with Crippen molar-refractivity contribution in [3.8, 4) is 0 Å². The van der Waals surface area contributed by atoms with Crippen LogP contribution in [0.3, 0.4) is 0 Å². The Bertz CT molecular complexity index is 992. The summed E-state index contributed by atoms with van der Waals surface area (Å²) in [6.45, 7) is 8.68. The number of carbonyl (C=O) groups excluding carboxylic acids is 2. The predicted molar refractivity (Wildman–Crippen MR) is 132 cm³/mol. The van der Waals surface area contributed by atoms with Crippen molar-refractivity contribution in [3.05, 3.63) is 64.6 Å². The Morgan fingerprint density at radius 3 is 2.59 bits per heavy atom. The normalized spacial score (nSPS) is 22.3. The number of amides is 2. The zero-order chi connectivity index (χ0) is 22.5. The molecule has 0 radical (unpaired) electrons. The second-order valence-corrected chi connectivity index (χ2v) is 10.1. The number of hydrogen-bond acceptors (Lipinski definition) is 4. The van der Waals surface area contributed by atoms with Crippen molar-refractivity contribution in [2.75, 3.05) is 31.5 Å². The van der Waals surface area contributed by atoms with Gasteiger partial charge in [-0.15, -0.1) is 0 Å². The first kappa shape index (κ1) is 22.6. The fraction of sp³-hybridized carbons (Fsp3) is 0.385. The summed E-state index contributed by atoms with van der Waals surface area (Å²) in [6, 6.07) is 15.2. The van der Waals surface area contributed by atoms with Crippen LogP contribution < -0.4 is 10.6 Å². The van der Waals surface area contributed by atoms with Gasteiger partial charge in [0.25, 0.3) is 11.8 Å². The molecule has 1 saturated heterocycles. The van der Waals surface area contributed by atoms with Gasteiger partial charge in [0, 0.05) is 30.1 Å². The van der Waals surface area contributed by atoms with Crippen molar-refractivity contribution in [1.29, 1.82) is 0 Å². The first-order valence-electron chi connectivity index (χ1n) is 11.4. The molecule has 2 aliphatic rings. The van der Waals surface area contributed by atoms with Crippen molar-refractivity contribution in [2.24, 2.45) is 11.8 Å². The van der Waals surface area contributed by atoms with Gasteiger partial charge in [0.05, 0.1) is 10.6 Å². The maximum Gasteiger partial charge on any atom is 0.262 e. The molecule has 2 atom stereocenters. The number of likely N-dealkylation sites (tertiary alicyclic amines) is 1. The number of hydrogen-bond donors (Lipinski definition) is 2. The molecule has 2 aromatic rings. The van der Waals surface area contributed by atoms with E-state index < -0.39 is 0 Å². The summed E-state index contributed by atoms with van der Waals surface area (Å²) in [5.41, 5.74) is 2.38. The first-order chi connectivity index (χ1) is 15.5. The number of rotatable bonds is 6. The second-order valence-electron chi connectivity index (χ2n) is 9.00. The number of fused-ring (bicyclic) bond motifs is 1. The van der Waals surface area contributed by atoms with E-state index in [-0.39, 0.29) is 11.8 Å². The SMILES string of the molecule is C[C@@H]1C[C@@H](C)CN(CCCNC(=O)c2ccc(/C=C3/Sc4ccccc4NC3=O)cc2)C1. The molecule has 0 spiro atoms. The zero-order valence-corrected chi connectivity index (χ0v) is 19.6. The molecule has 0 aliphatic carbocycles. The molecule has 2 heterocycles. The standard InChI is InChI=1S/C26H31N3O2S/c1-18-14-19(2)17-29(16-18)13-5-12-27-25(30)21-10-8-20(9-11-21)15-24-26(31)28-22-6-3-4-7-23(22)32-24/h3-4,6-11,15,18-19H,5,12-14,16-17H2,1-2H3,(H,27,30)(H,28,31)/b24-15+/t18-,19-/m1/s1. The number of thioether (sulfide) groups is 1. The minimum absolute atomic E-state index is 0.0525. The summed E-state index contributed by atoms with van der Waals surface area (Å²) < 4.78 is 0. The fourth-order valence-corrected chi connectivity index (χ4v) is 5.52. The molecule has 0 bridgehead atoms. The summed E-state index contributed by atoms with van der Waals surface area (Å²) in [5.74, 6) is 1.36. The highest BCUT2D eigenvalue weighted by molar-refractivity contribution is 8.04. The van der Waals surface area contributed by atoms with Gasteiger partial charge in [-0.1, -0.05) is 49.9 Å². The van der Waals surface area contributed by atoms with Crippen LogP contribution in [0.2, 0.25) is 0 Å². The summed E-state index contributed by atoms with van der Waals surface area (Å²) >= 11 is 1.46. The highest BCUT2D eigenvalue weighted by Gasteiger charge is 2.22. The lowest BCUT2D eigenvalue weighted by Crippen LogP contribution is -2.40. The lowest BCUT2D eigenvalue weighted by molar-refractivity contribution is -0.112.